The highest BCUT2D eigenvalue weighted by Gasteiger charge is 2.24. The van der Waals surface area contributed by atoms with Crippen molar-refractivity contribution in [3.05, 3.63) is 249 Å². The lowest BCUT2D eigenvalue weighted by Crippen LogP contribution is -2.35. The molecular weight excluding hydrogens is 1060 g/mol. The molecule has 17 heteroatoms. The molecule has 2 aromatic heterocycles. The molecule has 0 saturated heterocycles. The Balaban J connectivity index is 0.000000177. The van der Waals surface area contributed by atoms with Crippen molar-refractivity contribution in [2.75, 3.05) is 45.1 Å². The van der Waals surface area contributed by atoms with Gasteiger partial charge in [-0.05, 0) is 131 Å². The van der Waals surface area contributed by atoms with E-state index in [1.807, 2.05) is 167 Å². The number of nitrogens with zero attached hydrogens (tertiary/aromatic N) is 4. The maximum Gasteiger partial charge on any atom is 0.279 e. The van der Waals surface area contributed by atoms with Gasteiger partial charge in [-0.3, -0.25) is 28.3 Å². The standard InChI is InChI=1S/C23H18N2O3.C15H12N2O.C13H12N2O.C8H8O3.C8H18O3/c1-28-22-16(8-7-13-20(22)26)14-15-21-24-19-12-6-5-11-18(19)23(27)25(21)17-9-3-2-4-10-17;1-11-16-14-10-6-5-9-13(14)15(18)17(11)12-7-3-2-4-8-12;14-12-9-5-4-8-11(12)13(16)15-10-6-2-1-3-7-10;1-11-8-6(5-9)3-2-4-7(8)10;1-5-9-8(4,10-6-2)11-7-3/h2-15,26H,1H3;2-10H,1H3;1-9H,14H2,(H,15,16);2-5,10H,1H3;5-7H2,1-4H3/b15-14+;;;;. The van der Waals surface area contributed by atoms with Crippen LogP contribution >= 0.6 is 0 Å². The Morgan fingerprint density at radius 1 is 0.560 bits per heavy atom. The van der Waals surface area contributed by atoms with E-state index in [-0.39, 0.29) is 34.3 Å². The summed E-state index contributed by atoms with van der Waals surface area (Å²) < 4.78 is 29.1. The minimum Gasteiger partial charge on any atom is -0.504 e. The van der Waals surface area contributed by atoms with Gasteiger partial charge in [0.15, 0.2) is 29.3 Å². The van der Waals surface area contributed by atoms with Crippen LogP contribution in [0.25, 0.3) is 45.3 Å². The highest BCUT2D eigenvalue weighted by atomic mass is 16.9. The van der Waals surface area contributed by atoms with Gasteiger partial charge in [-0.2, -0.15) is 0 Å². The number of carbonyl (C=O) groups is 2. The molecule has 2 heterocycles. The van der Waals surface area contributed by atoms with Gasteiger partial charge in [0.1, 0.15) is 11.6 Å². The molecule has 0 atom stereocenters. The van der Waals surface area contributed by atoms with Gasteiger partial charge in [-0.25, -0.2) is 9.97 Å². The summed E-state index contributed by atoms with van der Waals surface area (Å²) in [4.78, 5) is 57.0. The molecule has 432 valence electrons. The van der Waals surface area contributed by atoms with Crippen LogP contribution in [0, 0.1) is 6.92 Å². The molecule has 0 aliphatic heterocycles. The third-order valence-electron chi connectivity index (χ3n) is 12.2. The summed E-state index contributed by atoms with van der Waals surface area (Å²) >= 11 is 0. The SMILES string of the molecule is CCOC(C)(OCC)OCC.COc1c(O)cccc1/C=C/c1nc2ccccc2c(=O)n1-c1ccccc1.COc1c(O)cccc1C=O.Cc1nc2ccccc2c(=O)n1-c1ccccc1.Nc1ccccc1C(=O)Nc1ccccc1. The van der Waals surface area contributed by atoms with Gasteiger partial charge in [0, 0.05) is 43.7 Å². The van der Waals surface area contributed by atoms with Crippen molar-refractivity contribution in [1.82, 2.24) is 19.1 Å². The maximum atomic E-state index is 13.2. The van der Waals surface area contributed by atoms with Crippen LogP contribution < -0.4 is 31.6 Å². The number of carbonyl (C=O) groups excluding carboxylic acids is 2. The third kappa shape index (κ3) is 16.9. The van der Waals surface area contributed by atoms with E-state index in [2.05, 4.69) is 15.3 Å². The fourth-order valence-corrected chi connectivity index (χ4v) is 8.47. The molecule has 10 rings (SSSR count). The molecular formula is C67H68N6O11. The van der Waals surface area contributed by atoms with Crippen molar-refractivity contribution in [2.24, 2.45) is 0 Å². The second-order valence-electron chi connectivity index (χ2n) is 17.9. The molecule has 0 aliphatic carbocycles. The van der Waals surface area contributed by atoms with Crippen LogP contribution in [-0.4, -0.2) is 81.5 Å². The maximum absolute atomic E-state index is 13.2. The van der Waals surface area contributed by atoms with Crippen LogP contribution in [0.5, 0.6) is 23.0 Å². The molecule has 5 N–H and O–H groups in total. The number of phenols is 2. The highest BCUT2D eigenvalue weighted by Crippen LogP contribution is 2.31. The Labute approximate surface area is 487 Å². The minimum absolute atomic E-state index is 0.0166. The van der Waals surface area contributed by atoms with E-state index in [0.717, 1.165) is 22.6 Å². The zero-order valence-corrected chi connectivity index (χ0v) is 47.8. The van der Waals surface area contributed by atoms with E-state index < -0.39 is 5.97 Å². The molecule has 84 heavy (non-hydrogen) atoms. The number of aromatic hydroxyl groups is 2. The van der Waals surface area contributed by atoms with E-state index in [1.165, 1.54) is 20.3 Å². The zero-order chi connectivity index (χ0) is 60.4. The molecule has 8 aromatic carbocycles. The summed E-state index contributed by atoms with van der Waals surface area (Å²) in [5, 5.41) is 23.1. The molecule has 0 unspecified atom stereocenters. The summed E-state index contributed by atoms with van der Waals surface area (Å²) in [6.07, 6.45) is 4.16. The first kappa shape index (κ1) is 63.0. The van der Waals surface area contributed by atoms with Crippen molar-refractivity contribution in [2.45, 2.75) is 40.6 Å². The van der Waals surface area contributed by atoms with Crippen molar-refractivity contribution in [3.63, 3.8) is 0 Å². The van der Waals surface area contributed by atoms with Gasteiger partial charge in [-0.1, -0.05) is 109 Å². The van der Waals surface area contributed by atoms with Crippen molar-refractivity contribution in [1.29, 1.82) is 0 Å². The Morgan fingerprint density at radius 2 is 1.00 bits per heavy atom. The number of aromatic nitrogens is 4. The Morgan fingerprint density at radius 3 is 1.50 bits per heavy atom. The van der Waals surface area contributed by atoms with Crippen LogP contribution in [0.1, 0.15) is 65.6 Å². The largest absolute Gasteiger partial charge is 0.504 e. The van der Waals surface area contributed by atoms with E-state index in [4.69, 9.17) is 34.5 Å². The number of rotatable bonds is 15. The second kappa shape index (κ2) is 31.7. The first-order valence-electron chi connectivity index (χ1n) is 26.8. The number of ether oxygens (including phenoxy) is 5. The number of benzene rings is 8. The number of hydrogen-bond acceptors (Lipinski definition) is 14. The summed E-state index contributed by atoms with van der Waals surface area (Å²) in [5.41, 5.74) is 11.3. The van der Waals surface area contributed by atoms with Crippen molar-refractivity contribution >= 4 is 57.5 Å². The fourth-order valence-electron chi connectivity index (χ4n) is 8.47. The van der Waals surface area contributed by atoms with Gasteiger partial charge in [0.05, 0.1) is 58.5 Å². The molecule has 0 aliphatic rings. The van der Waals surface area contributed by atoms with Crippen LogP contribution in [0.2, 0.25) is 0 Å². The molecule has 0 fully saturated rings. The first-order valence-corrected chi connectivity index (χ1v) is 26.8. The Bertz CT molecular complexity index is 3880. The highest BCUT2D eigenvalue weighted by molar-refractivity contribution is 6.07. The zero-order valence-electron chi connectivity index (χ0n) is 47.8. The molecule has 1 amide bonds. The summed E-state index contributed by atoms with van der Waals surface area (Å²) in [7, 11) is 2.91. The quantitative estimate of drug-likeness (QED) is 0.0425. The van der Waals surface area contributed by atoms with Crippen LogP contribution in [0.4, 0.5) is 11.4 Å². The predicted octanol–water partition coefficient (Wildman–Crippen LogP) is 12.5. The van der Waals surface area contributed by atoms with Crippen LogP contribution in [-0.2, 0) is 14.2 Å². The molecule has 0 radical (unpaired) electrons. The Kier molecular flexibility index (Phi) is 23.8. The van der Waals surface area contributed by atoms with Gasteiger partial charge in [0.25, 0.3) is 23.0 Å². The first-order chi connectivity index (χ1) is 40.7. The summed E-state index contributed by atoms with van der Waals surface area (Å²) in [6, 6.07) is 59.7. The number of fused-ring (bicyclic) bond motifs is 2. The molecule has 0 bridgehead atoms. The predicted molar refractivity (Wildman–Crippen MR) is 332 cm³/mol. The molecule has 10 aromatic rings. The van der Waals surface area contributed by atoms with Crippen LogP contribution in [0.15, 0.2) is 210 Å². The monoisotopic (exact) mass is 1130 g/mol. The number of phenolic OH excluding ortho intramolecular Hbond substituents is 2. The van der Waals surface area contributed by atoms with Gasteiger partial charge in [0.2, 0.25) is 0 Å². The number of nitrogen functional groups attached to an aromatic ring is 1. The number of methoxy groups -OCH3 is 2. The topological polar surface area (TPSA) is 229 Å². The Hall–Kier alpha value is -10.2. The number of aldehydes is 1. The lowest BCUT2D eigenvalue weighted by Gasteiger charge is -2.27. The number of amides is 1. The summed E-state index contributed by atoms with van der Waals surface area (Å²) in [6.45, 7) is 11.1. The second-order valence-corrected chi connectivity index (χ2v) is 17.9. The van der Waals surface area contributed by atoms with Crippen molar-refractivity contribution < 1.29 is 43.5 Å². The number of nitrogens with two attached hydrogens (primary N) is 1. The summed E-state index contributed by atoms with van der Waals surface area (Å²) in [5.74, 6) is 0.775. The van der Waals surface area contributed by atoms with Gasteiger partial charge < -0.3 is 44.9 Å². The molecule has 0 saturated carbocycles. The number of anilines is 2. The average Bonchev–Trinajstić information content (AvgIpc) is 3.64. The normalized spacial score (nSPS) is 10.7. The number of aryl methyl sites for hydroxylation is 1. The van der Waals surface area contributed by atoms with E-state index >= 15 is 0 Å². The van der Waals surface area contributed by atoms with E-state index in [0.29, 0.717) is 82.2 Å². The number of hydrogen-bond donors (Lipinski definition) is 4. The molecule has 0 spiro atoms. The fraction of sp³-hybridized carbons (Fsp3) is 0.164. The van der Waals surface area contributed by atoms with E-state index in [1.54, 1.807) is 82.8 Å². The van der Waals surface area contributed by atoms with E-state index in [9.17, 15) is 24.3 Å². The van der Waals surface area contributed by atoms with Gasteiger partial charge >= 0.3 is 0 Å². The smallest absolute Gasteiger partial charge is 0.279 e. The lowest BCUT2D eigenvalue weighted by atomic mass is 10.1. The average molecular weight is 1130 g/mol. The van der Waals surface area contributed by atoms with Gasteiger partial charge in [-0.15, -0.1) is 0 Å². The number of para-hydroxylation sites is 8. The van der Waals surface area contributed by atoms with Crippen LogP contribution in [0.3, 0.4) is 0 Å². The van der Waals surface area contributed by atoms with Crippen molar-refractivity contribution in [3.8, 4) is 34.4 Å². The lowest BCUT2D eigenvalue weighted by molar-refractivity contribution is -0.365. The number of nitrogens with one attached hydrogen (secondary N) is 1. The molecule has 17 nitrogen and oxygen atoms in total. The third-order valence-corrected chi connectivity index (χ3v) is 12.2. The minimum atomic E-state index is -0.849.